The Morgan fingerprint density at radius 3 is 2.38 bits per heavy atom. The predicted molar refractivity (Wildman–Crippen MR) is 126 cm³/mol. The van der Waals surface area contributed by atoms with Gasteiger partial charge >= 0.3 is 0 Å². The number of nitrogens with zero attached hydrogens (tertiary/aromatic N) is 4. The van der Waals surface area contributed by atoms with Gasteiger partial charge in [-0.15, -0.1) is 5.10 Å². The van der Waals surface area contributed by atoms with E-state index < -0.39 is 15.8 Å². The minimum atomic E-state index is -4.03. The maximum atomic E-state index is 15.0. The van der Waals surface area contributed by atoms with Gasteiger partial charge in [0.25, 0.3) is 0 Å². The van der Waals surface area contributed by atoms with Crippen molar-refractivity contribution in [1.29, 1.82) is 0 Å². The van der Waals surface area contributed by atoms with Gasteiger partial charge in [0.15, 0.2) is 5.82 Å². The molecule has 3 aromatic rings. The first-order chi connectivity index (χ1) is 16.2. The van der Waals surface area contributed by atoms with E-state index in [9.17, 15) is 8.42 Å². The largest absolute Gasteiger partial charge is 0.383 e. The van der Waals surface area contributed by atoms with E-state index in [2.05, 4.69) is 10.00 Å². The molecule has 0 saturated heterocycles. The van der Waals surface area contributed by atoms with Gasteiger partial charge in [-0.25, -0.2) is 27.6 Å². The molecule has 184 valence electrons. The quantitative estimate of drug-likeness (QED) is 0.413. The van der Waals surface area contributed by atoms with Crippen molar-refractivity contribution >= 4 is 10.0 Å². The van der Waals surface area contributed by atoms with Crippen LogP contribution in [0.3, 0.4) is 0 Å². The van der Waals surface area contributed by atoms with Gasteiger partial charge in [-0.05, 0) is 30.7 Å². The Bertz CT molecular complexity index is 1210. The Morgan fingerprint density at radius 1 is 1.09 bits per heavy atom. The van der Waals surface area contributed by atoms with Crippen LogP contribution in [-0.2, 0) is 32.5 Å². The first-order valence-corrected chi connectivity index (χ1v) is 12.3. The van der Waals surface area contributed by atoms with E-state index in [0.29, 0.717) is 50.9 Å². The van der Waals surface area contributed by atoms with Crippen LogP contribution in [0.2, 0.25) is 0 Å². The molecular weight excluding hydrogens is 461 g/mol. The number of rotatable bonds is 12. The maximum absolute atomic E-state index is 15.0. The molecule has 0 aliphatic heterocycles. The topological polar surface area (TPSA) is 113 Å². The number of primary sulfonamides is 1. The van der Waals surface area contributed by atoms with E-state index in [1.807, 2.05) is 31.2 Å². The molecule has 1 heterocycles. The number of halogens is 1. The summed E-state index contributed by atoms with van der Waals surface area (Å²) in [6.07, 6.45) is 0.418. The fourth-order valence-corrected chi connectivity index (χ4v) is 4.04. The molecule has 0 saturated carbocycles. The van der Waals surface area contributed by atoms with Gasteiger partial charge < -0.3 is 9.47 Å². The third kappa shape index (κ3) is 6.90. The lowest BCUT2D eigenvalue weighted by atomic mass is 10.1. The van der Waals surface area contributed by atoms with Gasteiger partial charge in [-0.1, -0.05) is 29.8 Å². The zero-order valence-electron chi connectivity index (χ0n) is 19.6. The van der Waals surface area contributed by atoms with Crippen LogP contribution >= 0.6 is 0 Å². The smallest absolute Gasteiger partial charge is 0.238 e. The van der Waals surface area contributed by atoms with Crippen molar-refractivity contribution in [1.82, 2.24) is 19.7 Å². The average molecular weight is 492 g/mol. The molecule has 11 heteroatoms. The number of benzene rings is 2. The molecule has 0 unspecified atom stereocenters. The van der Waals surface area contributed by atoms with Gasteiger partial charge in [0.1, 0.15) is 17.3 Å². The van der Waals surface area contributed by atoms with Crippen molar-refractivity contribution in [2.45, 2.75) is 24.8 Å². The van der Waals surface area contributed by atoms with Crippen LogP contribution < -0.4 is 5.14 Å². The van der Waals surface area contributed by atoms with Crippen molar-refractivity contribution in [3.8, 4) is 5.69 Å². The Morgan fingerprint density at radius 2 is 1.79 bits per heavy atom. The van der Waals surface area contributed by atoms with Crippen LogP contribution in [0.4, 0.5) is 4.39 Å². The summed E-state index contributed by atoms with van der Waals surface area (Å²) in [7, 11) is -0.763. The Labute approximate surface area is 199 Å². The fourth-order valence-electron chi connectivity index (χ4n) is 3.52. The second-order valence-electron chi connectivity index (χ2n) is 7.94. The van der Waals surface area contributed by atoms with Gasteiger partial charge in [0.2, 0.25) is 10.0 Å². The third-order valence-corrected chi connectivity index (χ3v) is 6.14. The summed E-state index contributed by atoms with van der Waals surface area (Å²) in [5, 5.41) is 9.71. The Balaban J connectivity index is 2.00. The van der Waals surface area contributed by atoms with Crippen LogP contribution in [0.15, 0.2) is 47.4 Å². The predicted octanol–water partition coefficient (Wildman–Crippen LogP) is 2.05. The van der Waals surface area contributed by atoms with Gasteiger partial charge in [0.05, 0.1) is 24.7 Å². The van der Waals surface area contributed by atoms with Crippen LogP contribution in [-0.4, -0.2) is 68.6 Å². The van der Waals surface area contributed by atoms with E-state index in [-0.39, 0.29) is 10.6 Å². The molecule has 2 N–H and O–H groups in total. The van der Waals surface area contributed by atoms with E-state index >= 15 is 4.39 Å². The molecule has 0 spiro atoms. The Hall–Kier alpha value is -2.70. The monoisotopic (exact) mass is 491 g/mol. The number of aryl methyl sites for hydroxylation is 1. The molecule has 3 rings (SSSR count). The number of hydrogen-bond donors (Lipinski definition) is 1. The highest BCUT2D eigenvalue weighted by Crippen LogP contribution is 2.21. The number of hydrogen-bond acceptors (Lipinski definition) is 7. The second-order valence-corrected chi connectivity index (χ2v) is 9.50. The normalized spacial score (nSPS) is 11.9. The Kier molecular flexibility index (Phi) is 8.86. The van der Waals surface area contributed by atoms with E-state index in [0.717, 1.165) is 17.2 Å². The number of nitrogens with two attached hydrogens (primary N) is 1. The number of ether oxygens (including phenoxy) is 2. The summed E-state index contributed by atoms with van der Waals surface area (Å²) in [4.78, 5) is 6.48. The molecule has 34 heavy (non-hydrogen) atoms. The summed E-state index contributed by atoms with van der Waals surface area (Å²) < 4.78 is 50.1. The molecule has 0 radical (unpaired) electrons. The van der Waals surface area contributed by atoms with Crippen LogP contribution in [0.1, 0.15) is 22.8 Å². The lowest BCUT2D eigenvalue weighted by molar-refractivity contribution is 0.109. The van der Waals surface area contributed by atoms with E-state index in [1.165, 1.54) is 16.8 Å². The third-order valence-electron chi connectivity index (χ3n) is 5.23. The minimum absolute atomic E-state index is 0.0918. The zero-order chi connectivity index (χ0) is 24.7. The summed E-state index contributed by atoms with van der Waals surface area (Å²) in [5.74, 6) is 0.273. The number of aromatic nitrogens is 3. The molecular formula is C23H30FN5O4S. The minimum Gasteiger partial charge on any atom is -0.383 e. The lowest BCUT2D eigenvalue weighted by Gasteiger charge is -2.19. The SMILES string of the molecule is COCCN(CCOC)Cc1nc(Cc2cccc(C)c2)n(-c2ccc(S(N)(=O)=O)cc2F)n1. The maximum Gasteiger partial charge on any atom is 0.238 e. The highest BCUT2D eigenvalue weighted by Gasteiger charge is 2.19. The molecule has 0 fully saturated rings. The van der Waals surface area contributed by atoms with Crippen molar-refractivity contribution < 1.29 is 22.3 Å². The van der Waals surface area contributed by atoms with E-state index in [1.54, 1.807) is 14.2 Å². The molecule has 0 atom stereocenters. The molecule has 0 amide bonds. The number of sulfonamides is 1. The van der Waals surface area contributed by atoms with Crippen LogP contribution in [0, 0.1) is 12.7 Å². The van der Waals surface area contributed by atoms with Crippen molar-refractivity contribution in [2.24, 2.45) is 5.14 Å². The molecule has 1 aromatic heterocycles. The molecule has 0 aliphatic carbocycles. The molecule has 9 nitrogen and oxygen atoms in total. The van der Waals surface area contributed by atoms with Crippen molar-refractivity contribution in [3.63, 3.8) is 0 Å². The standard InChI is InChI=1S/C23H30FN5O4S/c1-17-5-4-6-18(13-17)14-23-26-22(16-28(9-11-32-2)10-12-33-3)27-29(23)21-8-7-19(15-20(21)24)34(25,30)31/h4-8,13,15H,9-12,14,16H2,1-3H3,(H2,25,30,31). The average Bonchev–Trinajstić information content (AvgIpc) is 3.16. The second kappa shape index (κ2) is 11.6. The summed E-state index contributed by atoms with van der Waals surface area (Å²) >= 11 is 0. The first-order valence-electron chi connectivity index (χ1n) is 10.7. The van der Waals surface area contributed by atoms with Gasteiger partial charge in [-0.3, -0.25) is 4.90 Å². The van der Waals surface area contributed by atoms with Crippen LogP contribution in [0.5, 0.6) is 0 Å². The van der Waals surface area contributed by atoms with Crippen molar-refractivity contribution in [3.05, 3.63) is 71.1 Å². The molecule has 0 bridgehead atoms. The molecule has 2 aromatic carbocycles. The van der Waals surface area contributed by atoms with E-state index in [4.69, 9.17) is 19.6 Å². The fraction of sp³-hybridized carbons (Fsp3) is 0.391. The van der Waals surface area contributed by atoms with Gasteiger partial charge in [0, 0.05) is 33.7 Å². The molecule has 0 aliphatic rings. The zero-order valence-corrected chi connectivity index (χ0v) is 20.4. The highest BCUT2D eigenvalue weighted by atomic mass is 32.2. The van der Waals surface area contributed by atoms with Crippen LogP contribution in [0.25, 0.3) is 5.69 Å². The summed E-state index contributed by atoms with van der Waals surface area (Å²) in [5.41, 5.74) is 2.18. The summed E-state index contributed by atoms with van der Waals surface area (Å²) in [6, 6.07) is 11.4. The van der Waals surface area contributed by atoms with Gasteiger partial charge in [-0.2, -0.15) is 0 Å². The van der Waals surface area contributed by atoms with Crippen molar-refractivity contribution in [2.75, 3.05) is 40.5 Å². The summed E-state index contributed by atoms with van der Waals surface area (Å²) in [6.45, 7) is 4.78. The highest BCUT2D eigenvalue weighted by molar-refractivity contribution is 7.89. The lowest BCUT2D eigenvalue weighted by Crippen LogP contribution is -2.30. The number of methoxy groups -OCH3 is 2. The first kappa shape index (κ1) is 25.9.